The van der Waals surface area contributed by atoms with Crippen molar-refractivity contribution in [2.24, 2.45) is 0 Å². The molecule has 0 bridgehead atoms. The number of ether oxygens (including phenoxy) is 1. The highest BCUT2D eigenvalue weighted by Crippen LogP contribution is 2.14. The molecule has 0 fully saturated rings. The number of halogens is 1. The molecule has 1 rings (SSSR count). The zero-order valence-corrected chi connectivity index (χ0v) is 9.69. The van der Waals surface area contributed by atoms with Crippen LogP contribution in [0.25, 0.3) is 0 Å². The molecule has 1 N–H and O–H groups in total. The number of hydrogen-bond acceptors (Lipinski definition) is 5. The molecule has 8 heteroatoms. The van der Waals surface area contributed by atoms with Gasteiger partial charge in [0.1, 0.15) is 13.1 Å². The first kappa shape index (κ1) is 13.0. The number of hydrogen-bond donors (Lipinski definition) is 1. The standard InChI is InChI=1S/C9H9ClN4O3/c1-17-7-8(10)13-5-14(9(7)16)4-6(15)12-3-2-11/h5H,3-4H2,1H3,(H,12,15). The van der Waals surface area contributed by atoms with Crippen LogP contribution in [0.1, 0.15) is 0 Å². The van der Waals surface area contributed by atoms with Crippen LogP contribution in [0.2, 0.25) is 5.15 Å². The molecule has 7 nitrogen and oxygen atoms in total. The summed E-state index contributed by atoms with van der Waals surface area (Å²) in [6, 6.07) is 1.75. The van der Waals surface area contributed by atoms with Crippen molar-refractivity contribution in [2.75, 3.05) is 13.7 Å². The minimum absolute atomic E-state index is 0.0637. The summed E-state index contributed by atoms with van der Waals surface area (Å²) in [5.41, 5.74) is -0.556. The number of amides is 1. The van der Waals surface area contributed by atoms with Crippen LogP contribution in [0.15, 0.2) is 11.1 Å². The summed E-state index contributed by atoms with van der Waals surface area (Å²) in [6.45, 7) is -0.368. The zero-order chi connectivity index (χ0) is 12.8. The number of rotatable bonds is 4. The van der Waals surface area contributed by atoms with Gasteiger partial charge in [-0.1, -0.05) is 11.6 Å². The van der Waals surface area contributed by atoms with E-state index in [-0.39, 0.29) is 24.0 Å². The van der Waals surface area contributed by atoms with E-state index >= 15 is 0 Å². The Kier molecular flexibility index (Phi) is 4.48. The van der Waals surface area contributed by atoms with Crippen molar-refractivity contribution in [2.45, 2.75) is 6.54 Å². The molecule has 0 unspecified atom stereocenters. The van der Waals surface area contributed by atoms with Crippen molar-refractivity contribution in [1.29, 1.82) is 5.26 Å². The van der Waals surface area contributed by atoms with E-state index in [1.165, 1.54) is 7.11 Å². The molecular formula is C9H9ClN4O3. The molecule has 0 aromatic carbocycles. The van der Waals surface area contributed by atoms with Crippen LogP contribution in [0, 0.1) is 11.3 Å². The second kappa shape index (κ2) is 5.86. The van der Waals surface area contributed by atoms with E-state index in [9.17, 15) is 9.59 Å². The molecular weight excluding hydrogens is 248 g/mol. The molecule has 0 aliphatic carbocycles. The van der Waals surface area contributed by atoms with Crippen LogP contribution >= 0.6 is 11.6 Å². The van der Waals surface area contributed by atoms with E-state index in [0.29, 0.717) is 0 Å². The van der Waals surface area contributed by atoms with Gasteiger partial charge in [-0.25, -0.2) is 4.98 Å². The van der Waals surface area contributed by atoms with Crippen LogP contribution in [0.5, 0.6) is 5.75 Å². The third-order valence-corrected chi connectivity index (χ3v) is 2.10. The van der Waals surface area contributed by atoms with E-state index < -0.39 is 11.5 Å². The molecule has 0 aliphatic rings. The Morgan fingerprint density at radius 2 is 2.47 bits per heavy atom. The molecule has 90 valence electrons. The molecule has 1 aromatic rings. The minimum Gasteiger partial charge on any atom is -0.489 e. The summed E-state index contributed by atoms with van der Waals surface area (Å²) in [6.07, 6.45) is 1.14. The number of nitrogens with zero attached hydrogens (tertiary/aromatic N) is 3. The van der Waals surface area contributed by atoms with Crippen LogP contribution in [-0.2, 0) is 11.3 Å². The maximum absolute atomic E-state index is 11.7. The number of aromatic nitrogens is 2. The van der Waals surface area contributed by atoms with Gasteiger partial charge in [-0.15, -0.1) is 0 Å². The van der Waals surface area contributed by atoms with Gasteiger partial charge < -0.3 is 10.1 Å². The molecule has 0 saturated carbocycles. The predicted molar refractivity (Wildman–Crippen MR) is 58.7 cm³/mol. The van der Waals surface area contributed by atoms with E-state index in [0.717, 1.165) is 10.9 Å². The molecule has 1 heterocycles. The third-order valence-electron chi connectivity index (χ3n) is 1.84. The number of methoxy groups -OCH3 is 1. The van der Waals surface area contributed by atoms with Crippen molar-refractivity contribution in [3.8, 4) is 11.8 Å². The number of nitrogens with one attached hydrogen (secondary N) is 1. The van der Waals surface area contributed by atoms with Gasteiger partial charge in [0.15, 0.2) is 5.15 Å². The van der Waals surface area contributed by atoms with Gasteiger partial charge >= 0.3 is 0 Å². The van der Waals surface area contributed by atoms with E-state index in [2.05, 4.69) is 10.3 Å². The van der Waals surface area contributed by atoms with Crippen LogP contribution in [0.3, 0.4) is 0 Å². The Hall–Kier alpha value is -2.07. The Balaban J connectivity index is 2.90. The maximum atomic E-state index is 11.7. The predicted octanol–water partition coefficient (Wildman–Crippen LogP) is -0.455. The summed E-state index contributed by atoms with van der Waals surface area (Å²) in [5, 5.41) is 10.5. The Labute approximate surface area is 102 Å². The van der Waals surface area contributed by atoms with Gasteiger partial charge in [-0.3, -0.25) is 14.2 Å². The first-order chi connectivity index (χ1) is 8.10. The smallest absolute Gasteiger partial charge is 0.297 e. The lowest BCUT2D eigenvalue weighted by molar-refractivity contribution is -0.121. The summed E-state index contributed by atoms with van der Waals surface area (Å²) >= 11 is 5.63. The van der Waals surface area contributed by atoms with Crippen molar-refractivity contribution in [3.05, 3.63) is 21.8 Å². The Morgan fingerprint density at radius 3 is 3.06 bits per heavy atom. The van der Waals surface area contributed by atoms with Crippen LogP contribution in [-0.4, -0.2) is 29.1 Å². The molecule has 0 radical (unpaired) electrons. The molecule has 0 atom stereocenters. The highest BCUT2D eigenvalue weighted by atomic mass is 35.5. The Morgan fingerprint density at radius 1 is 1.76 bits per heavy atom. The van der Waals surface area contributed by atoms with Gasteiger partial charge in [-0.2, -0.15) is 5.26 Å². The highest BCUT2D eigenvalue weighted by molar-refractivity contribution is 6.30. The number of carbonyl (C=O) groups is 1. The first-order valence-corrected chi connectivity index (χ1v) is 4.90. The quantitative estimate of drug-likeness (QED) is 0.581. The molecule has 1 amide bonds. The van der Waals surface area contributed by atoms with Crippen LogP contribution in [0.4, 0.5) is 0 Å². The third kappa shape index (κ3) is 3.19. The van der Waals surface area contributed by atoms with Gasteiger partial charge in [0, 0.05) is 0 Å². The zero-order valence-electron chi connectivity index (χ0n) is 8.94. The Bertz CT molecular complexity index is 520. The lowest BCUT2D eigenvalue weighted by atomic mass is 10.5. The lowest BCUT2D eigenvalue weighted by Crippen LogP contribution is -2.33. The molecule has 0 aliphatic heterocycles. The van der Waals surface area contributed by atoms with Gasteiger partial charge in [-0.05, 0) is 0 Å². The molecule has 0 saturated heterocycles. The van der Waals surface area contributed by atoms with Gasteiger partial charge in [0.05, 0.1) is 19.5 Å². The van der Waals surface area contributed by atoms with Crippen molar-refractivity contribution in [1.82, 2.24) is 14.9 Å². The summed E-state index contributed by atoms with van der Waals surface area (Å²) in [4.78, 5) is 26.7. The summed E-state index contributed by atoms with van der Waals surface area (Å²) in [7, 11) is 1.28. The lowest BCUT2D eigenvalue weighted by Gasteiger charge is -2.07. The first-order valence-electron chi connectivity index (χ1n) is 4.52. The molecule has 0 spiro atoms. The average Bonchev–Trinajstić information content (AvgIpc) is 2.31. The topological polar surface area (TPSA) is 97.0 Å². The normalized spacial score (nSPS) is 9.47. The second-order valence-corrected chi connectivity index (χ2v) is 3.29. The fourth-order valence-corrected chi connectivity index (χ4v) is 1.28. The summed E-state index contributed by atoms with van der Waals surface area (Å²) < 4.78 is 5.81. The highest BCUT2D eigenvalue weighted by Gasteiger charge is 2.12. The average molecular weight is 257 g/mol. The fraction of sp³-hybridized carbons (Fsp3) is 0.333. The van der Waals surface area contributed by atoms with Crippen molar-refractivity contribution in [3.63, 3.8) is 0 Å². The van der Waals surface area contributed by atoms with Crippen molar-refractivity contribution < 1.29 is 9.53 Å². The largest absolute Gasteiger partial charge is 0.489 e. The maximum Gasteiger partial charge on any atom is 0.297 e. The van der Waals surface area contributed by atoms with Gasteiger partial charge in [0.25, 0.3) is 5.56 Å². The monoisotopic (exact) mass is 256 g/mol. The molecule has 17 heavy (non-hydrogen) atoms. The minimum atomic E-state index is -0.556. The van der Waals surface area contributed by atoms with Crippen molar-refractivity contribution >= 4 is 17.5 Å². The number of carbonyl (C=O) groups excluding carboxylic acids is 1. The number of nitriles is 1. The van der Waals surface area contributed by atoms with E-state index in [1.54, 1.807) is 6.07 Å². The van der Waals surface area contributed by atoms with E-state index in [4.69, 9.17) is 21.6 Å². The summed E-state index contributed by atoms with van der Waals surface area (Å²) in [5.74, 6) is -0.595. The van der Waals surface area contributed by atoms with E-state index in [1.807, 2.05) is 0 Å². The van der Waals surface area contributed by atoms with Gasteiger partial charge in [0.2, 0.25) is 11.7 Å². The second-order valence-electron chi connectivity index (χ2n) is 2.94. The fourth-order valence-electron chi connectivity index (χ4n) is 1.08. The molecule has 1 aromatic heterocycles. The van der Waals surface area contributed by atoms with Crippen LogP contribution < -0.4 is 15.6 Å². The SMILES string of the molecule is COc1c(Cl)ncn(CC(=O)NCC#N)c1=O.